The van der Waals surface area contributed by atoms with Crippen molar-refractivity contribution in [3.63, 3.8) is 0 Å². The van der Waals surface area contributed by atoms with Crippen LogP contribution in [0.2, 0.25) is 28.2 Å². The van der Waals surface area contributed by atoms with E-state index in [2.05, 4.69) is 40.4 Å². The van der Waals surface area contributed by atoms with Crippen LogP contribution in [0.4, 0.5) is 4.39 Å². The SMILES string of the molecule is C=CCOC[C@H](COS(=O)(=O)c1ccc(C)cc1)Oc1c(Cl)c(C)c(-c2c(-c3ccc(F)cc3)sc3ncnc(O[C@H](Cc4cc(O[Si](C)(C)C(C)(C)C)ccc4OCc4ccccc4)C(=O)OC(C)(C)C)c23)c(C)c1Cl. The Balaban J connectivity index is 1.36. The van der Waals surface area contributed by atoms with Gasteiger partial charge < -0.3 is 28.1 Å². The first-order valence-corrected chi connectivity index (χ1v) is 30.9. The van der Waals surface area contributed by atoms with Crippen LogP contribution < -0.4 is 18.6 Å². The third-order valence-electron chi connectivity index (χ3n) is 12.9. The van der Waals surface area contributed by atoms with Gasteiger partial charge in [0.15, 0.2) is 5.75 Å². The van der Waals surface area contributed by atoms with E-state index in [0.29, 0.717) is 60.0 Å². The van der Waals surface area contributed by atoms with E-state index in [0.717, 1.165) is 11.1 Å². The lowest BCUT2D eigenvalue weighted by Gasteiger charge is -2.36. The van der Waals surface area contributed by atoms with Gasteiger partial charge >= 0.3 is 5.97 Å². The number of rotatable bonds is 22. The lowest BCUT2D eigenvalue weighted by Crippen LogP contribution is -2.43. The van der Waals surface area contributed by atoms with Crippen LogP contribution in [0.25, 0.3) is 31.8 Å². The van der Waals surface area contributed by atoms with Crippen molar-refractivity contribution in [2.45, 2.75) is 116 Å². The van der Waals surface area contributed by atoms with E-state index < -0.39 is 54.6 Å². The maximum Gasteiger partial charge on any atom is 0.348 e. The summed E-state index contributed by atoms with van der Waals surface area (Å²) in [6.45, 7) is 25.1. The molecule has 0 fully saturated rings. The molecular formula is C59H65Cl2FN2O10S2Si. The number of hydrogen-bond donors (Lipinski definition) is 0. The molecule has 0 aliphatic heterocycles. The molecule has 0 bridgehead atoms. The predicted molar refractivity (Wildman–Crippen MR) is 306 cm³/mol. The maximum atomic E-state index is 14.7. The minimum absolute atomic E-state index is 0.0239. The number of benzene rings is 5. The Morgan fingerprint density at radius 1 is 0.844 bits per heavy atom. The van der Waals surface area contributed by atoms with Crippen LogP contribution >= 0.6 is 34.5 Å². The fourth-order valence-corrected chi connectivity index (χ4v) is 11.6. The highest BCUT2D eigenvalue weighted by atomic mass is 35.5. The first kappa shape index (κ1) is 58.8. The summed E-state index contributed by atoms with van der Waals surface area (Å²) < 4.78 is 85.3. The molecule has 0 saturated heterocycles. The van der Waals surface area contributed by atoms with Gasteiger partial charge in [-0.15, -0.1) is 17.9 Å². The van der Waals surface area contributed by atoms with Gasteiger partial charge in [0.25, 0.3) is 10.1 Å². The molecule has 0 N–H and O–H groups in total. The molecule has 2 heterocycles. The third kappa shape index (κ3) is 14.4. The van der Waals surface area contributed by atoms with Gasteiger partial charge in [-0.2, -0.15) is 8.42 Å². The Morgan fingerprint density at radius 2 is 1.51 bits per heavy atom. The molecule has 18 heteroatoms. The molecule has 77 heavy (non-hydrogen) atoms. The molecule has 0 spiro atoms. The van der Waals surface area contributed by atoms with Crippen molar-refractivity contribution in [2.75, 3.05) is 19.8 Å². The number of nitrogens with zero attached hydrogens (tertiary/aromatic N) is 2. The maximum absolute atomic E-state index is 14.7. The first-order valence-electron chi connectivity index (χ1n) is 25.0. The number of thiophene rings is 1. The van der Waals surface area contributed by atoms with Gasteiger partial charge in [-0.3, -0.25) is 4.18 Å². The van der Waals surface area contributed by atoms with Crippen LogP contribution in [0.1, 0.15) is 69.4 Å². The lowest BCUT2D eigenvalue weighted by molar-refractivity contribution is -0.163. The fraction of sp³-hybridized carbons (Fsp3) is 0.339. The van der Waals surface area contributed by atoms with E-state index in [1.165, 1.54) is 41.9 Å². The quantitative estimate of drug-likeness (QED) is 0.0210. The number of hydrogen-bond acceptors (Lipinski definition) is 13. The fourth-order valence-electron chi connectivity index (χ4n) is 7.94. The Kier molecular flexibility index (Phi) is 18.7. The highest BCUT2D eigenvalue weighted by Crippen LogP contribution is 2.53. The second-order valence-corrected chi connectivity index (χ2v) is 29.2. The second-order valence-electron chi connectivity index (χ2n) is 21.1. The van der Waals surface area contributed by atoms with Crippen molar-refractivity contribution < 1.29 is 49.9 Å². The Morgan fingerprint density at radius 3 is 2.13 bits per heavy atom. The molecule has 2 aromatic heterocycles. The molecule has 0 saturated carbocycles. The van der Waals surface area contributed by atoms with Gasteiger partial charge in [-0.1, -0.05) is 110 Å². The molecule has 7 aromatic rings. The minimum atomic E-state index is -4.20. The summed E-state index contributed by atoms with van der Waals surface area (Å²) in [6, 6.07) is 27.7. The van der Waals surface area contributed by atoms with Gasteiger partial charge in [-0.25, -0.2) is 19.2 Å². The summed E-state index contributed by atoms with van der Waals surface area (Å²) in [5.41, 5.74) is 4.28. The number of ether oxygens (including phenoxy) is 5. The smallest absolute Gasteiger partial charge is 0.348 e. The number of carbonyl (C=O) groups excluding carboxylic acids is 1. The van der Waals surface area contributed by atoms with Gasteiger partial charge in [0.2, 0.25) is 20.3 Å². The summed E-state index contributed by atoms with van der Waals surface area (Å²) in [7, 11) is -6.54. The molecule has 0 unspecified atom stereocenters. The van der Waals surface area contributed by atoms with Crippen molar-refractivity contribution in [3.8, 4) is 44.7 Å². The normalized spacial score (nSPS) is 13.0. The van der Waals surface area contributed by atoms with Crippen molar-refractivity contribution >= 4 is 69.2 Å². The topological polar surface area (TPSA) is 142 Å². The highest BCUT2D eigenvalue weighted by Gasteiger charge is 2.40. The summed E-state index contributed by atoms with van der Waals surface area (Å²) >= 11 is 16.0. The predicted octanol–water partition coefficient (Wildman–Crippen LogP) is 15.0. The van der Waals surface area contributed by atoms with Crippen LogP contribution in [-0.4, -0.2) is 70.3 Å². The summed E-state index contributed by atoms with van der Waals surface area (Å²) in [5, 5.41) is 0.510. The van der Waals surface area contributed by atoms with Gasteiger partial charge in [0.1, 0.15) is 53.4 Å². The molecule has 0 aliphatic rings. The van der Waals surface area contributed by atoms with Crippen molar-refractivity contribution in [2.24, 2.45) is 0 Å². The van der Waals surface area contributed by atoms with Gasteiger partial charge in [-0.05, 0) is 130 Å². The standard InChI is InChI=1S/C59H65Cl2FN2O10S2Si/c1-13-29-68-33-44(34-70-76(66,67)45-26-19-36(2)20-27-45)71-53-51(60)37(3)48(38(4)52(53)61)49-50-55(63-35-64-56(50)75-54(49)40-21-23-42(62)24-22-40)72-47(57(65)73-58(5,6)7)31-41-30-43(74-77(11,12)59(8,9)10)25-28-46(41)69-32-39-17-15-14-16-18-39/h13-28,30,35,44,47H,1,29,31-34H2,2-12H3/t44-,47-/m1/s1. The number of esters is 1. The molecule has 0 radical (unpaired) electrons. The van der Waals surface area contributed by atoms with Crippen molar-refractivity contribution in [1.29, 1.82) is 0 Å². The zero-order valence-corrected chi connectivity index (χ0v) is 49.4. The summed E-state index contributed by atoms with van der Waals surface area (Å²) in [4.78, 5) is 25.2. The zero-order valence-electron chi connectivity index (χ0n) is 45.2. The van der Waals surface area contributed by atoms with Crippen LogP contribution in [0, 0.1) is 26.6 Å². The zero-order chi connectivity index (χ0) is 56.0. The average molecular weight is 1140 g/mol. The molecule has 5 aromatic carbocycles. The highest BCUT2D eigenvalue weighted by molar-refractivity contribution is 7.86. The van der Waals surface area contributed by atoms with E-state index in [1.54, 1.807) is 65.0 Å². The number of fused-ring (bicyclic) bond motifs is 1. The number of aryl methyl sites for hydroxylation is 1. The van der Waals surface area contributed by atoms with E-state index >= 15 is 0 Å². The van der Waals surface area contributed by atoms with Crippen molar-refractivity contribution in [1.82, 2.24) is 9.97 Å². The lowest BCUT2D eigenvalue weighted by atomic mass is 9.92. The molecule has 0 aliphatic carbocycles. The largest absolute Gasteiger partial charge is 0.543 e. The van der Waals surface area contributed by atoms with Crippen LogP contribution in [0.5, 0.6) is 23.1 Å². The van der Waals surface area contributed by atoms with E-state index in [-0.39, 0.29) is 57.8 Å². The monoisotopic (exact) mass is 1140 g/mol. The van der Waals surface area contributed by atoms with E-state index in [4.69, 9.17) is 65.5 Å². The summed E-state index contributed by atoms with van der Waals surface area (Å²) in [5.74, 6) is 0.144. The molecule has 408 valence electrons. The average Bonchev–Trinajstić information content (AvgIpc) is 3.81. The van der Waals surface area contributed by atoms with Crippen LogP contribution in [0.15, 0.2) is 121 Å². The molecule has 0 amide bonds. The summed E-state index contributed by atoms with van der Waals surface area (Å²) in [6.07, 6.45) is 0.548. The van der Waals surface area contributed by atoms with Crippen LogP contribution in [-0.2, 0) is 41.6 Å². The van der Waals surface area contributed by atoms with E-state index in [9.17, 15) is 17.6 Å². The van der Waals surface area contributed by atoms with E-state index in [1.807, 2.05) is 55.5 Å². The number of halogens is 3. The Labute approximate surface area is 466 Å². The first-order chi connectivity index (χ1) is 36.3. The van der Waals surface area contributed by atoms with Gasteiger partial charge in [0.05, 0.1) is 33.5 Å². The Bertz CT molecular complexity index is 3320. The molecular weight excluding hydrogens is 1080 g/mol. The molecule has 7 rings (SSSR count). The molecule has 12 nitrogen and oxygen atoms in total. The third-order valence-corrected chi connectivity index (χ3v) is 20.6. The number of carbonyl (C=O) groups is 1. The second kappa shape index (κ2) is 24.4. The number of aromatic nitrogens is 2. The van der Waals surface area contributed by atoms with Crippen molar-refractivity contribution in [3.05, 3.63) is 160 Å². The van der Waals surface area contributed by atoms with Crippen LogP contribution in [0.3, 0.4) is 0 Å². The van der Waals surface area contributed by atoms with Gasteiger partial charge in [0, 0.05) is 22.4 Å². The minimum Gasteiger partial charge on any atom is -0.543 e. The molecule has 2 atom stereocenters. The Hall–Kier alpha value is -5.85.